The molecule has 0 spiro atoms. The third-order valence-corrected chi connectivity index (χ3v) is 4.53. The second kappa shape index (κ2) is 6.37. The summed E-state index contributed by atoms with van der Waals surface area (Å²) < 4.78 is 0. The zero-order valence-electron chi connectivity index (χ0n) is 11.5. The van der Waals surface area contributed by atoms with Gasteiger partial charge in [-0.2, -0.15) is 0 Å². The van der Waals surface area contributed by atoms with Crippen molar-refractivity contribution >= 4 is 11.8 Å². The first kappa shape index (κ1) is 14.3. The molecule has 2 aliphatic rings. The van der Waals surface area contributed by atoms with Crippen molar-refractivity contribution < 1.29 is 9.59 Å². The molecule has 1 unspecified atom stereocenters. The van der Waals surface area contributed by atoms with E-state index in [2.05, 4.69) is 0 Å². The van der Waals surface area contributed by atoms with Gasteiger partial charge < -0.3 is 16.4 Å². The summed E-state index contributed by atoms with van der Waals surface area (Å²) in [4.78, 5) is 25.3. The minimum Gasteiger partial charge on any atom is -0.369 e. The molecule has 1 saturated carbocycles. The molecule has 19 heavy (non-hydrogen) atoms. The highest BCUT2D eigenvalue weighted by Gasteiger charge is 2.29. The van der Waals surface area contributed by atoms with E-state index in [1.54, 1.807) is 0 Å². The van der Waals surface area contributed by atoms with Gasteiger partial charge in [0.15, 0.2) is 0 Å². The number of rotatable bonds is 3. The van der Waals surface area contributed by atoms with Crippen LogP contribution < -0.4 is 11.5 Å². The van der Waals surface area contributed by atoms with Crippen LogP contribution in [0.4, 0.5) is 0 Å². The highest BCUT2D eigenvalue weighted by molar-refractivity contribution is 5.80. The quantitative estimate of drug-likeness (QED) is 0.785. The Morgan fingerprint density at radius 3 is 2.42 bits per heavy atom. The molecular weight excluding hydrogens is 242 g/mol. The maximum atomic E-state index is 12.3. The zero-order chi connectivity index (χ0) is 13.8. The van der Waals surface area contributed by atoms with Crippen LogP contribution >= 0.6 is 0 Å². The predicted molar refractivity (Wildman–Crippen MR) is 73.0 cm³/mol. The Labute approximate surface area is 114 Å². The second-order valence-electron chi connectivity index (χ2n) is 6.07. The van der Waals surface area contributed by atoms with E-state index >= 15 is 0 Å². The Bertz CT molecular complexity index is 338. The summed E-state index contributed by atoms with van der Waals surface area (Å²) in [5, 5.41) is 0. The molecular formula is C14H25N3O2. The minimum atomic E-state index is -0.277. The van der Waals surface area contributed by atoms with Gasteiger partial charge in [-0.3, -0.25) is 9.59 Å². The van der Waals surface area contributed by atoms with Crippen molar-refractivity contribution in [1.82, 2.24) is 4.90 Å². The molecule has 108 valence electrons. The topological polar surface area (TPSA) is 89.4 Å². The molecule has 2 amide bonds. The smallest absolute Gasteiger partial charge is 0.222 e. The largest absolute Gasteiger partial charge is 0.369 e. The Kier molecular flexibility index (Phi) is 4.80. The van der Waals surface area contributed by atoms with Crippen LogP contribution in [0.25, 0.3) is 0 Å². The van der Waals surface area contributed by atoms with Crippen LogP contribution in [0.5, 0.6) is 0 Å². The highest BCUT2D eigenvalue weighted by Crippen LogP contribution is 2.27. The number of carbonyl (C=O) groups is 2. The summed E-state index contributed by atoms with van der Waals surface area (Å²) in [7, 11) is 0. The fraction of sp³-hybridized carbons (Fsp3) is 0.857. The molecule has 2 fully saturated rings. The fourth-order valence-electron chi connectivity index (χ4n) is 3.20. The Morgan fingerprint density at radius 1 is 1.11 bits per heavy atom. The summed E-state index contributed by atoms with van der Waals surface area (Å²) in [6, 6.07) is 0.320. The lowest BCUT2D eigenvalue weighted by molar-refractivity contribution is -0.136. The summed E-state index contributed by atoms with van der Waals surface area (Å²) >= 11 is 0. The van der Waals surface area contributed by atoms with E-state index in [0.29, 0.717) is 24.9 Å². The molecule has 5 nitrogen and oxygen atoms in total. The minimum absolute atomic E-state index is 0.155. The maximum Gasteiger partial charge on any atom is 0.222 e. The normalized spacial score (nSPS) is 32.1. The first-order valence-electron chi connectivity index (χ1n) is 7.39. The molecule has 0 bridgehead atoms. The van der Waals surface area contributed by atoms with Gasteiger partial charge in [-0.1, -0.05) is 0 Å². The SMILES string of the molecule is NC(=O)C1CCCN(C(=O)CC2CCC(N)CC2)C1. The fourth-order valence-corrected chi connectivity index (χ4v) is 3.20. The van der Waals surface area contributed by atoms with Gasteiger partial charge in [0.25, 0.3) is 0 Å². The molecule has 0 aromatic carbocycles. The molecule has 2 rings (SSSR count). The molecule has 1 aliphatic heterocycles. The molecule has 1 saturated heterocycles. The number of hydrogen-bond acceptors (Lipinski definition) is 3. The molecule has 4 N–H and O–H groups in total. The molecule has 1 heterocycles. The maximum absolute atomic E-state index is 12.3. The molecule has 5 heteroatoms. The van der Waals surface area contributed by atoms with Crippen molar-refractivity contribution in [3.8, 4) is 0 Å². The van der Waals surface area contributed by atoms with Gasteiger partial charge in [0.05, 0.1) is 5.92 Å². The van der Waals surface area contributed by atoms with Crippen molar-refractivity contribution in [1.29, 1.82) is 0 Å². The summed E-state index contributed by atoms with van der Waals surface area (Å²) in [6.07, 6.45) is 6.48. The standard InChI is InChI=1S/C14H25N3O2/c15-12-5-3-10(4-6-12)8-13(18)17-7-1-2-11(9-17)14(16)19/h10-12H,1-9,15H2,(H2,16,19). The summed E-state index contributed by atoms with van der Waals surface area (Å²) in [5.74, 6) is 0.228. The van der Waals surface area contributed by atoms with E-state index in [0.717, 1.165) is 45.1 Å². The van der Waals surface area contributed by atoms with Crippen LogP contribution in [0, 0.1) is 11.8 Å². The zero-order valence-corrected chi connectivity index (χ0v) is 11.5. The molecule has 0 radical (unpaired) electrons. The Balaban J connectivity index is 1.80. The van der Waals surface area contributed by atoms with E-state index in [9.17, 15) is 9.59 Å². The number of amides is 2. The van der Waals surface area contributed by atoms with Gasteiger partial charge in [0.1, 0.15) is 0 Å². The number of primary amides is 1. The van der Waals surface area contributed by atoms with Crippen LogP contribution in [0.1, 0.15) is 44.9 Å². The number of likely N-dealkylation sites (tertiary alicyclic amines) is 1. The first-order valence-corrected chi connectivity index (χ1v) is 7.39. The molecule has 0 aromatic rings. The van der Waals surface area contributed by atoms with Crippen molar-refractivity contribution in [2.24, 2.45) is 23.3 Å². The van der Waals surface area contributed by atoms with Crippen molar-refractivity contribution in [3.63, 3.8) is 0 Å². The van der Waals surface area contributed by atoms with Crippen LogP contribution in [0.2, 0.25) is 0 Å². The number of hydrogen-bond donors (Lipinski definition) is 2. The van der Waals surface area contributed by atoms with Crippen LogP contribution in [0.15, 0.2) is 0 Å². The van der Waals surface area contributed by atoms with Crippen molar-refractivity contribution in [2.45, 2.75) is 51.0 Å². The number of nitrogens with two attached hydrogens (primary N) is 2. The van der Waals surface area contributed by atoms with Gasteiger partial charge in [-0.25, -0.2) is 0 Å². The third-order valence-electron chi connectivity index (χ3n) is 4.53. The second-order valence-corrected chi connectivity index (χ2v) is 6.07. The number of nitrogens with zero attached hydrogens (tertiary/aromatic N) is 1. The van der Waals surface area contributed by atoms with Gasteiger partial charge in [0, 0.05) is 25.6 Å². The van der Waals surface area contributed by atoms with E-state index < -0.39 is 0 Å². The summed E-state index contributed by atoms with van der Waals surface area (Å²) in [5.41, 5.74) is 11.2. The first-order chi connectivity index (χ1) is 9.06. The Morgan fingerprint density at radius 2 is 1.79 bits per heavy atom. The average Bonchev–Trinajstić information content (AvgIpc) is 2.41. The lowest BCUT2D eigenvalue weighted by atomic mass is 9.84. The monoisotopic (exact) mass is 267 g/mol. The Hall–Kier alpha value is -1.10. The predicted octanol–water partition coefficient (Wildman–Crippen LogP) is 0.618. The number of piperidine rings is 1. The van der Waals surface area contributed by atoms with Gasteiger partial charge >= 0.3 is 0 Å². The third kappa shape index (κ3) is 3.93. The van der Waals surface area contributed by atoms with Crippen LogP contribution in [0.3, 0.4) is 0 Å². The highest BCUT2D eigenvalue weighted by atomic mass is 16.2. The van der Waals surface area contributed by atoms with Crippen molar-refractivity contribution in [2.75, 3.05) is 13.1 Å². The van der Waals surface area contributed by atoms with E-state index in [-0.39, 0.29) is 17.7 Å². The van der Waals surface area contributed by atoms with Gasteiger partial charge in [-0.15, -0.1) is 0 Å². The average molecular weight is 267 g/mol. The van der Waals surface area contributed by atoms with Crippen molar-refractivity contribution in [3.05, 3.63) is 0 Å². The number of carbonyl (C=O) groups excluding carboxylic acids is 2. The van der Waals surface area contributed by atoms with E-state index in [1.807, 2.05) is 4.90 Å². The molecule has 0 aromatic heterocycles. The van der Waals surface area contributed by atoms with Gasteiger partial charge in [0.2, 0.25) is 11.8 Å². The molecule has 1 aliphatic carbocycles. The summed E-state index contributed by atoms with van der Waals surface area (Å²) in [6.45, 7) is 1.29. The lowest BCUT2D eigenvalue weighted by Gasteiger charge is -2.33. The van der Waals surface area contributed by atoms with Crippen LogP contribution in [-0.2, 0) is 9.59 Å². The van der Waals surface area contributed by atoms with Crippen LogP contribution in [-0.4, -0.2) is 35.8 Å². The van der Waals surface area contributed by atoms with Gasteiger partial charge in [-0.05, 0) is 44.4 Å². The van der Waals surface area contributed by atoms with E-state index in [1.165, 1.54) is 0 Å². The molecule has 1 atom stereocenters. The lowest BCUT2D eigenvalue weighted by Crippen LogP contribution is -2.44. The van der Waals surface area contributed by atoms with E-state index in [4.69, 9.17) is 11.5 Å².